The largest absolute Gasteiger partial charge is 0.497 e. The fraction of sp³-hybridized carbons (Fsp3) is 0.115. The van der Waals surface area contributed by atoms with Gasteiger partial charge in [0.25, 0.3) is 11.4 Å². The molecule has 0 aliphatic rings. The van der Waals surface area contributed by atoms with Gasteiger partial charge in [-0.05, 0) is 36.1 Å². The summed E-state index contributed by atoms with van der Waals surface area (Å²) < 4.78 is 0. The number of hydrogen-bond acceptors (Lipinski definition) is 8. The number of phenolic OH excluding ortho intramolecular Hbond substituents is 1. The summed E-state index contributed by atoms with van der Waals surface area (Å²) in [6, 6.07) is 28.4. The fourth-order valence-electron chi connectivity index (χ4n) is 3.67. The number of nitrogens with zero attached hydrogens (tertiary/aromatic N) is 4. The second-order valence-corrected chi connectivity index (χ2v) is 7.93. The highest BCUT2D eigenvalue weighted by molar-refractivity contribution is 5.64. The molecule has 0 aliphatic carbocycles. The zero-order valence-electron chi connectivity index (χ0n) is 19.4. The number of pyridine rings is 1. The van der Waals surface area contributed by atoms with Crippen LogP contribution in [0.3, 0.4) is 0 Å². The highest BCUT2D eigenvalue weighted by Gasteiger charge is 2.30. The summed E-state index contributed by atoms with van der Waals surface area (Å²) in [7, 11) is 0. The Morgan fingerprint density at radius 2 is 1.14 bits per heavy atom. The van der Waals surface area contributed by atoms with E-state index in [-0.39, 0.29) is 0 Å². The van der Waals surface area contributed by atoms with Crippen molar-refractivity contribution in [1.29, 1.82) is 0 Å². The van der Waals surface area contributed by atoms with Gasteiger partial charge in [-0.15, -0.1) is 0 Å². The molecule has 1 aromatic heterocycles. The molecule has 0 saturated heterocycles. The van der Waals surface area contributed by atoms with Crippen molar-refractivity contribution in [3.8, 4) is 5.75 Å². The number of phenols is 1. The van der Waals surface area contributed by atoms with Crippen LogP contribution in [0.25, 0.3) is 0 Å². The molecule has 0 amide bonds. The maximum atomic E-state index is 10.4. The monoisotopic (exact) mass is 502 g/mol. The van der Waals surface area contributed by atoms with E-state index in [0.717, 1.165) is 12.8 Å². The fourth-order valence-corrected chi connectivity index (χ4v) is 3.67. The van der Waals surface area contributed by atoms with E-state index < -0.39 is 37.6 Å². The molecule has 11 nitrogen and oxygen atoms in total. The summed E-state index contributed by atoms with van der Waals surface area (Å²) in [5.41, 5.74) is 0.899. The van der Waals surface area contributed by atoms with Crippen LogP contribution >= 0.6 is 0 Å². The average molecular weight is 502 g/mol. The first-order valence-corrected chi connectivity index (χ1v) is 11.0. The SMILES string of the molecule is O=[N+]([O-])c1cc([N+](=O)[O-])c(O)c([N+](=O)[O-])c1.c1ccc(CC(Cc2ccccc2)c2ccccn2)cc1. The van der Waals surface area contributed by atoms with Gasteiger partial charge in [0.15, 0.2) is 0 Å². The molecule has 37 heavy (non-hydrogen) atoms. The van der Waals surface area contributed by atoms with Crippen LogP contribution in [0.5, 0.6) is 5.75 Å². The minimum atomic E-state index is -1.21. The number of rotatable bonds is 8. The lowest BCUT2D eigenvalue weighted by Crippen LogP contribution is -2.08. The molecule has 4 aromatic rings. The molecule has 0 radical (unpaired) electrons. The quantitative estimate of drug-likeness (QED) is 0.234. The van der Waals surface area contributed by atoms with Gasteiger partial charge >= 0.3 is 11.4 Å². The molecule has 0 bridgehead atoms. The summed E-state index contributed by atoms with van der Waals surface area (Å²) in [5, 5.41) is 40.2. The molecule has 0 unspecified atom stereocenters. The number of hydrogen-bond donors (Lipinski definition) is 1. The van der Waals surface area contributed by atoms with Crippen LogP contribution in [-0.2, 0) is 12.8 Å². The highest BCUT2D eigenvalue weighted by atomic mass is 16.6. The summed E-state index contributed by atoms with van der Waals surface area (Å²) in [4.78, 5) is 32.3. The number of aromatic hydroxyl groups is 1. The van der Waals surface area contributed by atoms with Crippen molar-refractivity contribution < 1.29 is 19.9 Å². The number of nitro benzene ring substituents is 3. The van der Waals surface area contributed by atoms with Crippen LogP contribution in [0.1, 0.15) is 22.7 Å². The minimum Gasteiger partial charge on any atom is -0.497 e. The molecule has 1 N–H and O–H groups in total. The van der Waals surface area contributed by atoms with Gasteiger partial charge in [-0.2, -0.15) is 0 Å². The first kappa shape index (κ1) is 26.4. The van der Waals surface area contributed by atoms with Crippen molar-refractivity contribution in [3.05, 3.63) is 144 Å². The Labute approximate surface area is 211 Å². The van der Waals surface area contributed by atoms with Gasteiger partial charge in [0.05, 0.1) is 26.9 Å². The number of aromatic nitrogens is 1. The van der Waals surface area contributed by atoms with E-state index >= 15 is 0 Å². The van der Waals surface area contributed by atoms with Gasteiger partial charge < -0.3 is 5.11 Å². The normalized spacial score (nSPS) is 10.3. The molecule has 3 aromatic carbocycles. The molecular formula is C26H22N4O7. The van der Waals surface area contributed by atoms with Crippen LogP contribution in [-0.4, -0.2) is 24.9 Å². The van der Waals surface area contributed by atoms with E-state index in [0.29, 0.717) is 18.1 Å². The maximum Gasteiger partial charge on any atom is 0.324 e. The Kier molecular flexibility index (Phi) is 8.92. The zero-order chi connectivity index (χ0) is 26.8. The Morgan fingerprint density at radius 3 is 1.51 bits per heavy atom. The summed E-state index contributed by atoms with van der Waals surface area (Å²) in [5.74, 6) is -0.795. The van der Waals surface area contributed by atoms with Gasteiger partial charge in [0, 0.05) is 17.8 Å². The maximum absolute atomic E-state index is 10.4. The highest BCUT2D eigenvalue weighted by Crippen LogP contribution is 2.39. The van der Waals surface area contributed by atoms with E-state index in [1.807, 2.05) is 12.3 Å². The van der Waals surface area contributed by atoms with E-state index in [4.69, 9.17) is 5.11 Å². The van der Waals surface area contributed by atoms with E-state index in [2.05, 4.69) is 77.8 Å². The molecule has 0 saturated carbocycles. The Morgan fingerprint density at radius 1 is 0.676 bits per heavy atom. The lowest BCUT2D eigenvalue weighted by Gasteiger charge is -2.17. The second-order valence-electron chi connectivity index (χ2n) is 7.93. The minimum absolute atomic E-state index is 0.413. The van der Waals surface area contributed by atoms with Crippen LogP contribution < -0.4 is 0 Å². The van der Waals surface area contributed by atoms with Gasteiger partial charge in [0.2, 0.25) is 0 Å². The first-order valence-electron chi connectivity index (χ1n) is 11.0. The smallest absolute Gasteiger partial charge is 0.324 e. The molecule has 188 valence electrons. The van der Waals surface area contributed by atoms with Gasteiger partial charge in [-0.1, -0.05) is 66.7 Å². The Hall–Kier alpha value is -5.19. The van der Waals surface area contributed by atoms with Crippen molar-refractivity contribution in [3.63, 3.8) is 0 Å². The lowest BCUT2D eigenvalue weighted by atomic mass is 9.89. The number of non-ortho nitro benzene ring substituents is 1. The van der Waals surface area contributed by atoms with E-state index in [1.54, 1.807) is 0 Å². The Balaban J connectivity index is 0.000000214. The number of benzene rings is 3. The molecule has 4 rings (SSSR count). The zero-order valence-corrected chi connectivity index (χ0v) is 19.4. The summed E-state index contributed by atoms with van der Waals surface area (Å²) in [6.45, 7) is 0. The van der Waals surface area contributed by atoms with Crippen molar-refractivity contribution in [1.82, 2.24) is 4.98 Å². The Bertz CT molecular complexity index is 1290. The predicted octanol–water partition coefficient (Wildman–Crippen LogP) is 5.77. The average Bonchev–Trinajstić information content (AvgIpc) is 2.90. The van der Waals surface area contributed by atoms with Crippen molar-refractivity contribution in [2.75, 3.05) is 0 Å². The summed E-state index contributed by atoms with van der Waals surface area (Å²) in [6.07, 6.45) is 3.93. The van der Waals surface area contributed by atoms with E-state index in [9.17, 15) is 30.3 Å². The van der Waals surface area contributed by atoms with Crippen molar-refractivity contribution >= 4 is 17.1 Å². The first-order chi connectivity index (χ1) is 17.8. The third kappa shape index (κ3) is 7.39. The topological polar surface area (TPSA) is 163 Å². The van der Waals surface area contributed by atoms with Crippen molar-refractivity contribution in [2.45, 2.75) is 18.8 Å². The lowest BCUT2D eigenvalue weighted by molar-refractivity contribution is -0.404. The molecule has 0 fully saturated rings. The van der Waals surface area contributed by atoms with Gasteiger partial charge in [-0.25, -0.2) is 0 Å². The standard InChI is InChI=1S/C20H19N.C6H3N3O7/c1-3-9-17(10-4-1)15-19(20-13-7-8-14-21-20)16-18-11-5-2-6-12-18;10-6-4(8(13)14)1-3(7(11)12)2-5(6)9(15)16/h1-14,19H,15-16H2;1-2,10H. The third-order valence-corrected chi connectivity index (χ3v) is 5.41. The van der Waals surface area contributed by atoms with Gasteiger partial charge in [0.1, 0.15) is 0 Å². The molecule has 0 aliphatic heterocycles. The number of nitro groups is 3. The van der Waals surface area contributed by atoms with Gasteiger partial charge in [-0.3, -0.25) is 35.3 Å². The molecule has 11 heteroatoms. The van der Waals surface area contributed by atoms with E-state index in [1.165, 1.54) is 16.8 Å². The molecule has 0 atom stereocenters. The third-order valence-electron chi connectivity index (χ3n) is 5.41. The van der Waals surface area contributed by atoms with Crippen LogP contribution in [0.15, 0.2) is 97.2 Å². The molecule has 1 heterocycles. The van der Waals surface area contributed by atoms with Crippen LogP contribution in [0, 0.1) is 30.3 Å². The van der Waals surface area contributed by atoms with Crippen LogP contribution in [0.4, 0.5) is 17.1 Å². The summed E-state index contributed by atoms with van der Waals surface area (Å²) >= 11 is 0. The molecular weight excluding hydrogens is 480 g/mol. The second kappa shape index (κ2) is 12.5. The molecule has 0 spiro atoms. The van der Waals surface area contributed by atoms with Crippen molar-refractivity contribution in [2.24, 2.45) is 0 Å². The van der Waals surface area contributed by atoms with Crippen LogP contribution in [0.2, 0.25) is 0 Å². The predicted molar refractivity (Wildman–Crippen MR) is 135 cm³/mol.